The first kappa shape index (κ1) is 58.9. The van der Waals surface area contributed by atoms with Crippen LogP contribution in [0.5, 0.6) is 0 Å². The van der Waals surface area contributed by atoms with Crippen molar-refractivity contribution >= 4 is 80.9 Å². The summed E-state index contributed by atoms with van der Waals surface area (Å²) in [5.41, 5.74) is -0.571. The van der Waals surface area contributed by atoms with Crippen LogP contribution >= 0.6 is 0 Å². The molecule has 0 unspecified atom stereocenters. The van der Waals surface area contributed by atoms with Gasteiger partial charge < -0.3 is 59.4 Å². The normalized spacial score (nSPS) is 11.2. The standard InChI is InChI=1S/3C12H20O4.2CH3.2Sn/c3*1-9(2)6-4-3-5-7-10(12(15)16)8-11(13)14;;;;/h3*8-9H,3-7H2,1-2H3,(H,13,14)(H,15,16);2*1H3;;/q;;;;;2*+3/p-6/b3*10-8-;;;;. The van der Waals surface area contributed by atoms with Gasteiger partial charge in [0.2, 0.25) is 0 Å². The third-order valence-corrected chi connectivity index (χ3v) is 6.85. The molecular formula is C38H60O12Sn2. The Morgan fingerprint density at radius 2 is 0.577 bits per heavy atom. The molecule has 0 heterocycles. The second-order valence-corrected chi connectivity index (χ2v) is 12.8. The average molecular weight is 946 g/mol. The number of carbonyl (C=O) groups is 6. The number of unbranched alkanes of at least 4 members (excludes halogenated alkanes) is 6. The van der Waals surface area contributed by atoms with E-state index in [9.17, 15) is 59.4 Å². The molecule has 292 valence electrons. The molecule has 0 aliphatic rings. The number of hydrogen-bond donors (Lipinski definition) is 0. The van der Waals surface area contributed by atoms with E-state index in [4.69, 9.17) is 0 Å². The van der Waals surface area contributed by atoms with E-state index in [0.717, 1.165) is 57.8 Å². The van der Waals surface area contributed by atoms with Gasteiger partial charge in [-0.15, -0.1) is 0 Å². The molecule has 0 spiro atoms. The fourth-order valence-electron chi connectivity index (χ4n) is 4.26. The molecule has 0 atom stereocenters. The topological polar surface area (TPSA) is 241 Å². The zero-order valence-corrected chi connectivity index (χ0v) is 38.2. The van der Waals surface area contributed by atoms with Crippen molar-refractivity contribution in [1.29, 1.82) is 0 Å². The van der Waals surface area contributed by atoms with E-state index in [0.29, 0.717) is 55.2 Å². The molecule has 0 aromatic heterocycles. The zero-order valence-electron chi connectivity index (χ0n) is 32.5. The van der Waals surface area contributed by atoms with Crippen molar-refractivity contribution in [2.45, 2.75) is 148 Å². The van der Waals surface area contributed by atoms with Crippen molar-refractivity contribution in [2.24, 2.45) is 17.8 Å². The number of carbonyl (C=O) groups excluding carboxylic acids is 6. The zero-order chi connectivity index (χ0) is 41.7. The van der Waals surface area contributed by atoms with Gasteiger partial charge in [0.05, 0.1) is 35.8 Å². The van der Waals surface area contributed by atoms with Crippen LogP contribution in [0.1, 0.15) is 138 Å². The summed E-state index contributed by atoms with van der Waals surface area (Å²) in [5.74, 6) is -6.81. The number of rotatable bonds is 24. The van der Waals surface area contributed by atoms with Gasteiger partial charge in [0, 0.05) is 0 Å². The van der Waals surface area contributed by atoms with Crippen LogP contribution < -0.4 is 30.6 Å². The van der Waals surface area contributed by atoms with Crippen LogP contribution in [0, 0.1) is 17.8 Å². The molecule has 0 aliphatic heterocycles. The van der Waals surface area contributed by atoms with E-state index in [2.05, 4.69) is 51.4 Å². The summed E-state index contributed by atoms with van der Waals surface area (Å²) < 4.78 is 0. The van der Waals surface area contributed by atoms with E-state index in [1.54, 1.807) is 45.0 Å². The van der Waals surface area contributed by atoms with Gasteiger partial charge in [0.1, 0.15) is 0 Å². The maximum atomic E-state index is 10.5. The van der Waals surface area contributed by atoms with E-state index in [1.807, 2.05) is 0 Å². The van der Waals surface area contributed by atoms with E-state index in [1.165, 1.54) is 0 Å². The Morgan fingerprint density at radius 1 is 0.385 bits per heavy atom. The van der Waals surface area contributed by atoms with Crippen LogP contribution in [0.15, 0.2) is 34.9 Å². The van der Waals surface area contributed by atoms with Crippen LogP contribution in [0.2, 0.25) is 9.88 Å². The summed E-state index contributed by atoms with van der Waals surface area (Å²) in [6.07, 6.45) is 13.6. The average Bonchev–Trinajstić information content (AvgIpc) is 3.04. The van der Waals surface area contributed by atoms with Crippen molar-refractivity contribution < 1.29 is 59.4 Å². The predicted molar refractivity (Wildman–Crippen MR) is 191 cm³/mol. The monoisotopic (exact) mass is 948 g/mol. The Kier molecular flexibility index (Phi) is 46.9. The van der Waals surface area contributed by atoms with E-state index in [-0.39, 0.29) is 36.0 Å². The van der Waals surface area contributed by atoms with Gasteiger partial charge >= 0.3 is 54.9 Å². The molecule has 14 heteroatoms. The van der Waals surface area contributed by atoms with Crippen molar-refractivity contribution in [2.75, 3.05) is 0 Å². The number of aliphatic carboxylic acids is 6. The van der Waals surface area contributed by atoms with Crippen LogP contribution in [0.25, 0.3) is 0 Å². The summed E-state index contributed by atoms with van der Waals surface area (Å²) in [7, 11) is 0. The Morgan fingerprint density at radius 3 is 0.712 bits per heavy atom. The van der Waals surface area contributed by atoms with Crippen molar-refractivity contribution in [1.82, 2.24) is 0 Å². The van der Waals surface area contributed by atoms with Gasteiger partial charge in [0.15, 0.2) is 0 Å². The van der Waals surface area contributed by atoms with Gasteiger partial charge in [-0.25, -0.2) is 0 Å². The molecule has 12 nitrogen and oxygen atoms in total. The van der Waals surface area contributed by atoms with Crippen LogP contribution in [0.3, 0.4) is 0 Å². The Labute approximate surface area is 338 Å². The second kappa shape index (κ2) is 41.4. The van der Waals surface area contributed by atoms with Gasteiger partial charge in [0.25, 0.3) is 0 Å². The molecule has 0 aliphatic carbocycles. The molecule has 0 fully saturated rings. The second-order valence-electron chi connectivity index (χ2n) is 12.8. The summed E-state index contributed by atoms with van der Waals surface area (Å²) in [4.78, 5) is 66.4. The van der Waals surface area contributed by atoms with Crippen molar-refractivity contribution in [3.05, 3.63) is 34.9 Å². The molecule has 0 saturated carbocycles. The SMILES string of the molecule is CC(C)CCCCC/C(=C/C(=O)[O-])C(=O)[O-].CC(C)CCCCC/C(=C/C(=O)[O-])C(=O)[O-].CC(C)CCCCC/C(=C/C(=O)[O-])C(=O)[O-].[CH3][Sn+3].[CH3][Sn+3]. The fourth-order valence-corrected chi connectivity index (χ4v) is 4.26. The van der Waals surface area contributed by atoms with Crippen LogP contribution in [-0.4, -0.2) is 80.9 Å². The third-order valence-electron chi connectivity index (χ3n) is 6.85. The number of carboxylic acid groups (broad SMARTS) is 6. The molecule has 0 bridgehead atoms. The minimum atomic E-state index is -1.48. The molecule has 0 radical (unpaired) electrons. The summed E-state index contributed by atoms with van der Waals surface area (Å²) in [6.45, 7) is 12.8. The molecule has 0 amide bonds. The van der Waals surface area contributed by atoms with Crippen LogP contribution in [-0.2, 0) is 28.8 Å². The van der Waals surface area contributed by atoms with Crippen LogP contribution in [0.4, 0.5) is 0 Å². The number of carboxylic acids is 6. The molecule has 0 rings (SSSR count). The van der Waals surface area contributed by atoms with Gasteiger partial charge in [-0.1, -0.05) is 99.3 Å². The fraction of sp³-hybridized carbons (Fsp3) is 0.684. The predicted octanol–water partition coefficient (Wildman–Crippen LogP) is 0.463. The molecule has 52 heavy (non-hydrogen) atoms. The van der Waals surface area contributed by atoms with Gasteiger partial charge in [-0.3, -0.25) is 0 Å². The molecule has 0 saturated heterocycles. The summed E-state index contributed by atoms with van der Waals surface area (Å²) in [6, 6.07) is 0. The Bertz CT molecular complexity index is 945. The first-order valence-electron chi connectivity index (χ1n) is 17.7. The quantitative estimate of drug-likeness (QED) is 0.0729. The summed E-state index contributed by atoms with van der Waals surface area (Å²) in [5, 5.41) is 62.3. The first-order chi connectivity index (χ1) is 24.3. The van der Waals surface area contributed by atoms with Crippen molar-refractivity contribution in [3.63, 3.8) is 0 Å². The third kappa shape index (κ3) is 49.7. The molecule has 0 aromatic rings. The molecule has 0 N–H and O–H groups in total. The first-order valence-corrected chi connectivity index (χ1v) is 23.4. The number of hydrogen-bond acceptors (Lipinski definition) is 12. The van der Waals surface area contributed by atoms with E-state index >= 15 is 0 Å². The Balaban J connectivity index is -0.000000202. The molecular weight excluding hydrogens is 886 g/mol. The minimum absolute atomic E-state index is 0.190. The van der Waals surface area contributed by atoms with E-state index < -0.39 is 35.8 Å². The molecule has 0 aromatic carbocycles. The van der Waals surface area contributed by atoms with Gasteiger partial charge in [-0.2, -0.15) is 0 Å². The summed E-state index contributed by atoms with van der Waals surface area (Å²) >= 11 is 3.10. The van der Waals surface area contributed by atoms with Gasteiger partial charge in [-0.05, 0) is 91.2 Å². The maximum absolute atomic E-state index is 10.5. The Hall–Kier alpha value is -2.36. The van der Waals surface area contributed by atoms with Crippen molar-refractivity contribution in [3.8, 4) is 0 Å².